The Morgan fingerprint density at radius 1 is 0.861 bits per heavy atom. The highest BCUT2D eigenvalue weighted by molar-refractivity contribution is 7.86. The smallest absolute Gasteiger partial charge is 0.331 e. The van der Waals surface area contributed by atoms with Gasteiger partial charge < -0.3 is 28.4 Å². The van der Waals surface area contributed by atoms with E-state index in [1.165, 1.54) is 12.1 Å². The number of ether oxygens (including phenoxy) is 6. The van der Waals surface area contributed by atoms with Crippen LogP contribution in [-0.4, -0.2) is 83.3 Å². The summed E-state index contributed by atoms with van der Waals surface area (Å²) in [6.45, 7) is 3.59. The van der Waals surface area contributed by atoms with Gasteiger partial charge in [-0.15, -0.1) is 0 Å². The number of carbonyl (C=O) groups excluding carboxylic acids is 4. The van der Waals surface area contributed by atoms with Gasteiger partial charge in [-0.2, -0.15) is 8.42 Å². The van der Waals surface area contributed by atoms with E-state index in [2.05, 4.69) is 4.74 Å². The molecule has 0 spiro atoms. The topological polar surface area (TPSA) is 167 Å². The van der Waals surface area contributed by atoms with Gasteiger partial charge in [-0.1, -0.05) is 17.7 Å². The normalized spacial score (nSPS) is 23.9. The van der Waals surface area contributed by atoms with E-state index >= 15 is 0 Å². The van der Waals surface area contributed by atoms with E-state index in [9.17, 15) is 27.6 Å². The first-order valence-corrected chi connectivity index (χ1v) is 12.1. The monoisotopic (exact) mass is 532 g/mol. The van der Waals surface area contributed by atoms with Crippen molar-refractivity contribution in [1.29, 1.82) is 0 Å². The molecular weight excluding hydrogens is 504 g/mol. The maximum absolute atomic E-state index is 12.7. The van der Waals surface area contributed by atoms with Gasteiger partial charge >= 0.3 is 23.9 Å². The molecule has 14 heteroatoms. The highest BCUT2D eigenvalue weighted by atomic mass is 32.2. The van der Waals surface area contributed by atoms with Crippen LogP contribution in [-0.2, 0) is 61.9 Å². The first-order valence-electron chi connectivity index (χ1n) is 10.7. The molecule has 0 saturated carbocycles. The molecule has 5 atom stereocenters. The lowest BCUT2D eigenvalue weighted by Crippen LogP contribution is -2.63. The number of aryl methyl sites for hydroxylation is 1. The summed E-state index contributed by atoms with van der Waals surface area (Å²) < 4.78 is 61.8. The molecule has 1 aromatic carbocycles. The van der Waals surface area contributed by atoms with Gasteiger partial charge in [0.1, 0.15) is 12.7 Å². The second kappa shape index (κ2) is 12.8. The van der Waals surface area contributed by atoms with E-state index in [-0.39, 0.29) is 4.90 Å². The van der Waals surface area contributed by atoms with Crippen LogP contribution in [0.2, 0.25) is 0 Å². The van der Waals surface area contributed by atoms with Crippen molar-refractivity contribution in [2.24, 2.45) is 0 Å². The summed E-state index contributed by atoms with van der Waals surface area (Å²) in [4.78, 5) is 46.9. The van der Waals surface area contributed by atoms with Crippen LogP contribution < -0.4 is 0 Å². The van der Waals surface area contributed by atoms with Crippen molar-refractivity contribution in [3.63, 3.8) is 0 Å². The zero-order valence-corrected chi connectivity index (χ0v) is 21.1. The van der Waals surface area contributed by atoms with Gasteiger partial charge in [0.05, 0.1) is 18.6 Å². The Kier molecular flexibility index (Phi) is 10.3. The molecule has 1 saturated heterocycles. The van der Waals surface area contributed by atoms with E-state index in [1.807, 2.05) is 0 Å². The highest BCUT2D eigenvalue weighted by Gasteiger charge is 2.53. The molecular formula is C22H28O13S. The van der Waals surface area contributed by atoms with Crippen LogP contribution in [0.4, 0.5) is 0 Å². The van der Waals surface area contributed by atoms with Crippen molar-refractivity contribution in [1.82, 2.24) is 0 Å². The first kappa shape index (κ1) is 29.2. The third-order valence-electron chi connectivity index (χ3n) is 4.79. The number of rotatable bonds is 10. The fourth-order valence-corrected chi connectivity index (χ4v) is 4.18. The molecule has 0 amide bonds. The lowest BCUT2D eigenvalue weighted by Gasteiger charge is -2.43. The molecule has 1 aromatic rings. The largest absolute Gasteiger partial charge is 0.467 e. The van der Waals surface area contributed by atoms with Crippen molar-refractivity contribution >= 4 is 34.0 Å². The number of hydrogen-bond acceptors (Lipinski definition) is 13. The number of esters is 4. The molecule has 0 aromatic heterocycles. The molecule has 13 nitrogen and oxygen atoms in total. The Hall–Kier alpha value is -3.07. The standard InChI is InChI=1S/C22H28O13S/c1-12-6-8-16(9-7-12)36(27,28)31-10-17-19(32-13(2)23)20(33-14(3)24)21(34-15(4)25)22(35-17)30-11-18(26)29-5/h6-9,17,19-22H,10-11H2,1-5H3/t17-,19-,20+,21-,22-/m1/s1. The second-order valence-corrected chi connectivity index (χ2v) is 9.32. The van der Waals surface area contributed by atoms with Crippen molar-refractivity contribution in [2.45, 2.75) is 63.3 Å². The SMILES string of the molecule is COC(=O)CO[C@@H]1O[C@H](COS(=O)(=O)c2ccc(C)cc2)[C@@H](OC(C)=O)[C@H](OC(C)=O)[C@H]1OC(C)=O. The summed E-state index contributed by atoms with van der Waals surface area (Å²) in [6, 6.07) is 5.84. The molecule has 1 fully saturated rings. The third-order valence-corrected chi connectivity index (χ3v) is 6.08. The summed E-state index contributed by atoms with van der Waals surface area (Å²) in [5.74, 6) is -3.30. The minimum Gasteiger partial charge on any atom is -0.467 e. The van der Waals surface area contributed by atoms with Crippen LogP contribution >= 0.6 is 0 Å². The van der Waals surface area contributed by atoms with Crippen molar-refractivity contribution in [3.8, 4) is 0 Å². The minimum atomic E-state index is -4.28. The summed E-state index contributed by atoms with van der Waals surface area (Å²) in [5, 5.41) is 0. The predicted octanol–water partition coefficient (Wildman–Crippen LogP) is 0.410. The zero-order valence-electron chi connectivity index (χ0n) is 20.3. The van der Waals surface area contributed by atoms with Crippen LogP contribution in [0, 0.1) is 6.92 Å². The van der Waals surface area contributed by atoms with Gasteiger partial charge in [-0.25, -0.2) is 4.79 Å². The van der Waals surface area contributed by atoms with Crippen LogP contribution in [0.3, 0.4) is 0 Å². The van der Waals surface area contributed by atoms with Gasteiger partial charge in [0.2, 0.25) is 0 Å². The van der Waals surface area contributed by atoms with Crippen LogP contribution in [0.1, 0.15) is 26.3 Å². The second-order valence-electron chi connectivity index (χ2n) is 7.70. The average molecular weight is 533 g/mol. The Morgan fingerprint density at radius 2 is 1.39 bits per heavy atom. The van der Waals surface area contributed by atoms with E-state index in [1.54, 1.807) is 19.1 Å². The van der Waals surface area contributed by atoms with E-state index in [0.29, 0.717) is 0 Å². The van der Waals surface area contributed by atoms with Gasteiger partial charge in [-0.05, 0) is 19.1 Å². The summed E-state index contributed by atoms with van der Waals surface area (Å²) in [6.07, 6.45) is -7.41. The average Bonchev–Trinajstić information content (AvgIpc) is 2.78. The number of carbonyl (C=O) groups is 4. The molecule has 1 aliphatic heterocycles. The Morgan fingerprint density at radius 3 is 1.92 bits per heavy atom. The minimum absolute atomic E-state index is 0.138. The molecule has 0 aliphatic carbocycles. The summed E-state index contributed by atoms with van der Waals surface area (Å²) in [5.41, 5.74) is 0.825. The summed E-state index contributed by atoms with van der Waals surface area (Å²) in [7, 11) is -3.16. The maximum atomic E-state index is 12.7. The molecule has 1 aliphatic rings. The highest BCUT2D eigenvalue weighted by Crippen LogP contribution is 2.30. The number of hydrogen-bond donors (Lipinski definition) is 0. The fourth-order valence-electron chi connectivity index (χ4n) is 3.26. The van der Waals surface area contributed by atoms with Crippen LogP contribution in [0.5, 0.6) is 0 Å². The van der Waals surface area contributed by atoms with Crippen molar-refractivity contribution in [3.05, 3.63) is 29.8 Å². The zero-order chi connectivity index (χ0) is 27.0. The fraction of sp³-hybridized carbons (Fsp3) is 0.545. The molecule has 36 heavy (non-hydrogen) atoms. The van der Waals surface area contributed by atoms with E-state index in [0.717, 1.165) is 33.4 Å². The maximum Gasteiger partial charge on any atom is 0.331 e. The van der Waals surface area contributed by atoms with Crippen LogP contribution in [0.15, 0.2) is 29.2 Å². The molecule has 2 rings (SSSR count). The van der Waals surface area contributed by atoms with Gasteiger partial charge in [0.15, 0.2) is 24.6 Å². The lowest BCUT2D eigenvalue weighted by molar-refractivity contribution is -0.305. The van der Waals surface area contributed by atoms with E-state index in [4.69, 9.17) is 27.9 Å². The molecule has 200 valence electrons. The number of methoxy groups -OCH3 is 1. The quantitative estimate of drug-likeness (QED) is 0.231. The third kappa shape index (κ3) is 8.26. The van der Waals surface area contributed by atoms with Crippen molar-refractivity contribution in [2.75, 3.05) is 20.3 Å². The molecule has 0 bridgehead atoms. The molecule has 0 unspecified atom stereocenters. The first-order chi connectivity index (χ1) is 16.8. The summed E-state index contributed by atoms with van der Waals surface area (Å²) >= 11 is 0. The number of benzene rings is 1. The molecule has 1 heterocycles. The lowest BCUT2D eigenvalue weighted by atomic mass is 9.98. The molecule has 0 radical (unpaired) electrons. The predicted molar refractivity (Wildman–Crippen MR) is 118 cm³/mol. The van der Waals surface area contributed by atoms with Gasteiger partial charge in [0.25, 0.3) is 10.1 Å². The van der Waals surface area contributed by atoms with Crippen molar-refractivity contribution < 1.29 is 60.2 Å². The Bertz CT molecular complexity index is 1050. The Labute approximate surface area is 208 Å². The van der Waals surface area contributed by atoms with Gasteiger partial charge in [0, 0.05) is 20.8 Å². The Balaban J connectivity index is 2.40. The molecule has 0 N–H and O–H groups in total. The van der Waals surface area contributed by atoms with E-state index < -0.39 is 77.9 Å². The van der Waals surface area contributed by atoms with Gasteiger partial charge in [-0.3, -0.25) is 18.6 Å². The van der Waals surface area contributed by atoms with Crippen LogP contribution in [0.25, 0.3) is 0 Å².